The molecular formula is C30H22IS2+. The highest BCUT2D eigenvalue weighted by Gasteiger charge is 2.28. The van der Waals surface area contributed by atoms with Crippen molar-refractivity contribution in [3.8, 4) is 11.1 Å². The average Bonchev–Trinajstić information content (AvgIpc) is 2.88. The van der Waals surface area contributed by atoms with Crippen LogP contribution in [0.15, 0.2) is 158 Å². The fourth-order valence-corrected chi connectivity index (χ4v) is 7.30. The first-order chi connectivity index (χ1) is 16.3. The van der Waals surface area contributed by atoms with Gasteiger partial charge >= 0.3 is 0 Å². The van der Waals surface area contributed by atoms with Crippen molar-refractivity contribution in [2.24, 2.45) is 0 Å². The van der Waals surface area contributed by atoms with Gasteiger partial charge in [0.15, 0.2) is 14.7 Å². The standard InChI is InChI=1S/C30H22IS2/c31-30-14-8-7-13-29(30)23-15-17-24(18-16-23)32-25-19-21-28(22-20-25)33(26-9-3-1-4-10-26)27-11-5-2-6-12-27/h1-22H/q+1. The summed E-state index contributed by atoms with van der Waals surface area (Å²) in [5.41, 5.74) is 2.54. The van der Waals surface area contributed by atoms with Crippen molar-refractivity contribution < 1.29 is 0 Å². The maximum absolute atomic E-state index is 2.40. The van der Waals surface area contributed by atoms with Crippen molar-refractivity contribution in [1.29, 1.82) is 0 Å². The van der Waals surface area contributed by atoms with Crippen molar-refractivity contribution >= 4 is 45.2 Å². The van der Waals surface area contributed by atoms with E-state index in [1.54, 1.807) is 0 Å². The third-order valence-corrected chi connectivity index (χ3v) is 9.48. The van der Waals surface area contributed by atoms with Gasteiger partial charge in [-0.2, -0.15) is 0 Å². The van der Waals surface area contributed by atoms with Gasteiger partial charge in [-0.1, -0.05) is 78.5 Å². The van der Waals surface area contributed by atoms with Crippen molar-refractivity contribution in [3.05, 3.63) is 137 Å². The Morgan fingerprint density at radius 2 is 0.909 bits per heavy atom. The van der Waals surface area contributed by atoms with E-state index in [1.807, 2.05) is 11.8 Å². The first-order valence-electron chi connectivity index (χ1n) is 10.8. The highest BCUT2D eigenvalue weighted by Crippen LogP contribution is 2.35. The highest BCUT2D eigenvalue weighted by molar-refractivity contribution is 14.1. The molecule has 0 aromatic heterocycles. The SMILES string of the molecule is Ic1ccccc1-c1ccc(Sc2ccc([S+](c3ccccc3)c3ccccc3)cc2)cc1. The zero-order valence-corrected chi connectivity index (χ0v) is 21.7. The van der Waals surface area contributed by atoms with Crippen LogP contribution in [0.3, 0.4) is 0 Å². The summed E-state index contributed by atoms with van der Waals surface area (Å²) in [6.07, 6.45) is 0. The lowest BCUT2D eigenvalue weighted by Crippen LogP contribution is -2.04. The van der Waals surface area contributed by atoms with Gasteiger partial charge in [0.05, 0.1) is 10.9 Å². The molecule has 0 amide bonds. The monoisotopic (exact) mass is 573 g/mol. The molecule has 5 aromatic rings. The van der Waals surface area contributed by atoms with Crippen LogP contribution >= 0.6 is 34.4 Å². The molecule has 0 aliphatic carbocycles. The van der Waals surface area contributed by atoms with E-state index < -0.39 is 0 Å². The molecule has 0 radical (unpaired) electrons. The Hall–Kier alpha value is -2.47. The van der Waals surface area contributed by atoms with Gasteiger partial charge in [-0.25, -0.2) is 0 Å². The molecule has 0 nitrogen and oxygen atoms in total. The van der Waals surface area contributed by atoms with E-state index in [2.05, 4.69) is 156 Å². The predicted molar refractivity (Wildman–Crippen MR) is 150 cm³/mol. The molecule has 3 heteroatoms. The molecule has 5 aromatic carbocycles. The lowest BCUT2D eigenvalue weighted by atomic mass is 10.1. The second-order valence-electron chi connectivity index (χ2n) is 7.51. The molecule has 0 aliphatic heterocycles. The molecule has 160 valence electrons. The van der Waals surface area contributed by atoms with Crippen molar-refractivity contribution in [2.45, 2.75) is 24.5 Å². The maximum Gasteiger partial charge on any atom is 0.166 e. The Morgan fingerprint density at radius 3 is 1.45 bits per heavy atom. The molecule has 0 aliphatic rings. The Labute approximate surface area is 216 Å². The van der Waals surface area contributed by atoms with Gasteiger partial charge < -0.3 is 0 Å². The van der Waals surface area contributed by atoms with E-state index >= 15 is 0 Å². The molecule has 0 saturated heterocycles. The van der Waals surface area contributed by atoms with E-state index in [9.17, 15) is 0 Å². The molecule has 0 N–H and O–H groups in total. The minimum atomic E-state index is -0.106. The first kappa shape index (κ1) is 22.3. The van der Waals surface area contributed by atoms with Gasteiger partial charge in [0, 0.05) is 13.4 Å². The van der Waals surface area contributed by atoms with Crippen LogP contribution in [0.4, 0.5) is 0 Å². The van der Waals surface area contributed by atoms with Crippen LogP contribution in [-0.4, -0.2) is 0 Å². The third-order valence-electron chi connectivity index (χ3n) is 5.29. The lowest BCUT2D eigenvalue weighted by molar-refractivity contribution is 1.28. The van der Waals surface area contributed by atoms with Crippen LogP contribution in [-0.2, 0) is 10.9 Å². The molecular weight excluding hydrogens is 551 g/mol. The van der Waals surface area contributed by atoms with Crippen LogP contribution in [0.25, 0.3) is 11.1 Å². The molecule has 0 saturated carbocycles. The zero-order chi connectivity index (χ0) is 22.5. The molecule has 0 bridgehead atoms. The second-order valence-corrected chi connectivity index (χ2v) is 11.8. The van der Waals surface area contributed by atoms with Gasteiger partial charge in [-0.05, 0) is 100 Å². The second kappa shape index (κ2) is 10.6. The van der Waals surface area contributed by atoms with E-state index in [4.69, 9.17) is 0 Å². The Balaban J connectivity index is 1.37. The summed E-state index contributed by atoms with van der Waals surface area (Å²) in [6, 6.07) is 48.1. The van der Waals surface area contributed by atoms with Gasteiger partial charge in [-0.3, -0.25) is 0 Å². The van der Waals surface area contributed by atoms with Crippen molar-refractivity contribution in [1.82, 2.24) is 0 Å². The van der Waals surface area contributed by atoms with E-state index in [1.165, 1.54) is 39.2 Å². The largest absolute Gasteiger partial charge is 0.166 e. The third kappa shape index (κ3) is 5.37. The molecule has 5 rings (SSSR count). The van der Waals surface area contributed by atoms with Crippen LogP contribution < -0.4 is 0 Å². The molecule has 0 heterocycles. The summed E-state index contributed by atoms with van der Waals surface area (Å²) < 4.78 is 1.28. The number of benzene rings is 5. The number of hydrogen-bond donors (Lipinski definition) is 0. The van der Waals surface area contributed by atoms with Gasteiger partial charge in [0.25, 0.3) is 0 Å². The topological polar surface area (TPSA) is 0 Å². The smallest absolute Gasteiger partial charge is 0.0901 e. The molecule has 0 atom stereocenters. The molecule has 0 unspecified atom stereocenters. The van der Waals surface area contributed by atoms with Crippen LogP contribution in [0.1, 0.15) is 0 Å². The summed E-state index contributed by atoms with van der Waals surface area (Å²) in [7, 11) is -0.106. The summed E-state index contributed by atoms with van der Waals surface area (Å²) >= 11 is 4.21. The van der Waals surface area contributed by atoms with Gasteiger partial charge in [-0.15, -0.1) is 0 Å². The minimum Gasteiger partial charge on any atom is -0.0901 e. The van der Waals surface area contributed by atoms with Gasteiger partial charge in [0.2, 0.25) is 0 Å². The quantitative estimate of drug-likeness (QED) is 0.144. The Bertz CT molecular complexity index is 1280. The fraction of sp³-hybridized carbons (Fsp3) is 0. The number of halogens is 1. The first-order valence-corrected chi connectivity index (χ1v) is 13.9. The summed E-state index contributed by atoms with van der Waals surface area (Å²) in [4.78, 5) is 6.53. The van der Waals surface area contributed by atoms with E-state index in [0.717, 1.165) is 0 Å². The number of rotatable bonds is 6. The van der Waals surface area contributed by atoms with Crippen LogP contribution in [0.5, 0.6) is 0 Å². The van der Waals surface area contributed by atoms with Crippen molar-refractivity contribution in [2.75, 3.05) is 0 Å². The minimum absolute atomic E-state index is 0.106. The average molecular weight is 574 g/mol. The number of hydrogen-bond acceptors (Lipinski definition) is 1. The highest BCUT2D eigenvalue weighted by atomic mass is 127. The predicted octanol–water partition coefficient (Wildman–Crippen LogP) is 9.20. The van der Waals surface area contributed by atoms with E-state index in [-0.39, 0.29) is 10.9 Å². The van der Waals surface area contributed by atoms with Crippen LogP contribution in [0, 0.1) is 3.57 Å². The Morgan fingerprint density at radius 1 is 0.455 bits per heavy atom. The molecule has 33 heavy (non-hydrogen) atoms. The van der Waals surface area contributed by atoms with E-state index in [0.29, 0.717) is 0 Å². The van der Waals surface area contributed by atoms with Crippen LogP contribution in [0.2, 0.25) is 0 Å². The normalized spacial score (nSPS) is 11.0. The Kier molecular flexibility index (Phi) is 7.20. The molecule has 0 spiro atoms. The fourth-order valence-electron chi connectivity index (χ4n) is 3.70. The lowest BCUT2D eigenvalue weighted by Gasteiger charge is -2.09. The maximum atomic E-state index is 2.40. The summed E-state index contributed by atoms with van der Waals surface area (Å²) in [6.45, 7) is 0. The molecule has 0 fully saturated rings. The summed E-state index contributed by atoms with van der Waals surface area (Å²) in [5, 5.41) is 0. The van der Waals surface area contributed by atoms with Crippen molar-refractivity contribution in [3.63, 3.8) is 0 Å². The summed E-state index contributed by atoms with van der Waals surface area (Å²) in [5.74, 6) is 0. The zero-order valence-electron chi connectivity index (χ0n) is 17.9. The van der Waals surface area contributed by atoms with Gasteiger partial charge in [0.1, 0.15) is 0 Å².